The standard InChI is InChI=1S/C21H20BrFN4O/c22-16-7-3-15(4-8-16)21(28)24-18-2-1-11-27(13-18)20-12-19(25-26-20)14-5-9-17(23)10-6-14/h3-10,12,18H,1-2,11,13H2,(H,24,28)(H,25,26). The van der Waals surface area contributed by atoms with Crippen LogP contribution in [0.25, 0.3) is 11.3 Å². The van der Waals surface area contributed by atoms with Gasteiger partial charge in [0.2, 0.25) is 0 Å². The maximum atomic E-state index is 13.1. The van der Waals surface area contributed by atoms with Crippen LogP contribution < -0.4 is 10.2 Å². The van der Waals surface area contributed by atoms with Crippen LogP contribution in [0.1, 0.15) is 23.2 Å². The lowest BCUT2D eigenvalue weighted by Gasteiger charge is -2.33. The van der Waals surface area contributed by atoms with E-state index in [2.05, 4.69) is 36.3 Å². The Labute approximate surface area is 171 Å². The van der Waals surface area contributed by atoms with Crippen LogP contribution in [0, 0.1) is 5.82 Å². The number of hydrogen-bond acceptors (Lipinski definition) is 3. The van der Waals surface area contributed by atoms with Gasteiger partial charge in [-0.05, 0) is 66.9 Å². The third-order valence-electron chi connectivity index (χ3n) is 4.91. The first-order valence-electron chi connectivity index (χ1n) is 9.21. The van der Waals surface area contributed by atoms with Gasteiger partial charge in [0.25, 0.3) is 5.91 Å². The SMILES string of the molecule is O=C(NC1CCCN(c2cc(-c3ccc(F)cc3)[nH]n2)C1)c1ccc(Br)cc1. The van der Waals surface area contributed by atoms with Crippen LogP contribution in [0.3, 0.4) is 0 Å². The summed E-state index contributed by atoms with van der Waals surface area (Å²) in [6.07, 6.45) is 1.91. The summed E-state index contributed by atoms with van der Waals surface area (Å²) in [5.41, 5.74) is 2.38. The van der Waals surface area contributed by atoms with Gasteiger partial charge in [-0.3, -0.25) is 9.89 Å². The smallest absolute Gasteiger partial charge is 0.251 e. The predicted molar refractivity (Wildman–Crippen MR) is 111 cm³/mol. The largest absolute Gasteiger partial charge is 0.353 e. The zero-order chi connectivity index (χ0) is 19.5. The van der Waals surface area contributed by atoms with E-state index >= 15 is 0 Å². The molecule has 0 bridgehead atoms. The van der Waals surface area contributed by atoms with E-state index in [1.165, 1.54) is 12.1 Å². The number of halogens is 2. The highest BCUT2D eigenvalue weighted by Gasteiger charge is 2.23. The molecule has 0 aliphatic carbocycles. The van der Waals surface area contributed by atoms with Gasteiger partial charge in [0.1, 0.15) is 5.82 Å². The number of piperidine rings is 1. The summed E-state index contributed by atoms with van der Waals surface area (Å²) in [7, 11) is 0. The molecule has 2 N–H and O–H groups in total. The van der Waals surface area contributed by atoms with Gasteiger partial charge in [0.15, 0.2) is 5.82 Å². The first-order valence-corrected chi connectivity index (χ1v) is 10.0. The van der Waals surface area contributed by atoms with E-state index in [4.69, 9.17) is 0 Å². The summed E-state index contributed by atoms with van der Waals surface area (Å²) < 4.78 is 14.1. The molecule has 7 heteroatoms. The lowest BCUT2D eigenvalue weighted by atomic mass is 10.0. The Kier molecular flexibility index (Phi) is 5.43. The minimum absolute atomic E-state index is 0.0617. The van der Waals surface area contributed by atoms with Crippen LogP contribution >= 0.6 is 15.9 Å². The Hall–Kier alpha value is -2.67. The molecule has 0 saturated carbocycles. The lowest BCUT2D eigenvalue weighted by molar-refractivity contribution is 0.0933. The van der Waals surface area contributed by atoms with E-state index < -0.39 is 0 Å². The second-order valence-electron chi connectivity index (χ2n) is 6.91. The molecule has 2 heterocycles. The topological polar surface area (TPSA) is 61.0 Å². The zero-order valence-corrected chi connectivity index (χ0v) is 16.7. The molecule has 2 aromatic carbocycles. The molecule has 28 heavy (non-hydrogen) atoms. The van der Waals surface area contributed by atoms with Crippen molar-refractivity contribution in [1.29, 1.82) is 0 Å². The molecule has 3 aromatic rings. The maximum Gasteiger partial charge on any atom is 0.251 e. The van der Waals surface area contributed by atoms with Crippen LogP contribution in [-0.4, -0.2) is 35.2 Å². The number of rotatable bonds is 4. The van der Waals surface area contributed by atoms with E-state index in [1.807, 2.05) is 30.3 Å². The van der Waals surface area contributed by atoms with Gasteiger partial charge in [-0.1, -0.05) is 15.9 Å². The van der Waals surface area contributed by atoms with Crippen molar-refractivity contribution in [2.45, 2.75) is 18.9 Å². The van der Waals surface area contributed by atoms with Gasteiger partial charge in [0, 0.05) is 35.2 Å². The number of aromatic nitrogens is 2. The van der Waals surface area contributed by atoms with Crippen LogP contribution in [0.4, 0.5) is 10.2 Å². The second kappa shape index (κ2) is 8.14. The van der Waals surface area contributed by atoms with Gasteiger partial charge in [-0.15, -0.1) is 0 Å². The molecule has 1 amide bonds. The van der Waals surface area contributed by atoms with Crippen molar-refractivity contribution in [3.05, 3.63) is 70.5 Å². The van der Waals surface area contributed by atoms with E-state index in [0.29, 0.717) is 12.1 Å². The normalized spacial score (nSPS) is 16.8. The third kappa shape index (κ3) is 4.25. The summed E-state index contributed by atoms with van der Waals surface area (Å²) in [6, 6.07) is 15.7. The summed E-state index contributed by atoms with van der Waals surface area (Å²) in [6.45, 7) is 1.59. The van der Waals surface area contributed by atoms with E-state index in [0.717, 1.165) is 40.9 Å². The summed E-state index contributed by atoms with van der Waals surface area (Å²) in [4.78, 5) is 14.7. The second-order valence-corrected chi connectivity index (χ2v) is 7.83. The molecule has 1 saturated heterocycles. The number of hydrogen-bond donors (Lipinski definition) is 2. The molecule has 0 spiro atoms. The number of nitrogens with zero attached hydrogens (tertiary/aromatic N) is 2. The molecule has 1 aliphatic rings. The highest BCUT2D eigenvalue weighted by atomic mass is 79.9. The Morgan fingerprint density at radius 1 is 1.18 bits per heavy atom. The number of H-pyrrole nitrogens is 1. The van der Waals surface area contributed by atoms with E-state index in [1.54, 1.807) is 12.1 Å². The highest BCUT2D eigenvalue weighted by molar-refractivity contribution is 9.10. The number of anilines is 1. The molecular weight excluding hydrogens is 423 g/mol. The van der Waals surface area contributed by atoms with Crippen molar-refractivity contribution in [2.24, 2.45) is 0 Å². The number of aromatic amines is 1. The number of nitrogens with one attached hydrogen (secondary N) is 2. The fourth-order valence-corrected chi connectivity index (χ4v) is 3.69. The Morgan fingerprint density at radius 2 is 1.93 bits per heavy atom. The molecule has 1 fully saturated rings. The fraction of sp³-hybridized carbons (Fsp3) is 0.238. The van der Waals surface area contributed by atoms with Crippen molar-refractivity contribution in [3.8, 4) is 11.3 Å². The fourth-order valence-electron chi connectivity index (χ4n) is 3.42. The number of carbonyl (C=O) groups is 1. The van der Waals surface area contributed by atoms with E-state index in [9.17, 15) is 9.18 Å². The van der Waals surface area contributed by atoms with Gasteiger partial charge in [0.05, 0.1) is 5.69 Å². The molecule has 0 radical (unpaired) electrons. The van der Waals surface area contributed by atoms with Crippen LogP contribution in [0.5, 0.6) is 0 Å². The van der Waals surface area contributed by atoms with Gasteiger partial charge >= 0.3 is 0 Å². The van der Waals surface area contributed by atoms with Gasteiger partial charge in [-0.2, -0.15) is 5.10 Å². The lowest BCUT2D eigenvalue weighted by Crippen LogP contribution is -2.48. The van der Waals surface area contributed by atoms with Gasteiger partial charge in [-0.25, -0.2) is 4.39 Å². The van der Waals surface area contributed by atoms with Crippen molar-refractivity contribution >= 4 is 27.7 Å². The predicted octanol–water partition coefficient (Wildman–Crippen LogP) is 4.38. The Balaban J connectivity index is 1.42. The zero-order valence-electron chi connectivity index (χ0n) is 15.2. The number of carbonyl (C=O) groups excluding carboxylic acids is 1. The monoisotopic (exact) mass is 442 g/mol. The van der Waals surface area contributed by atoms with Crippen molar-refractivity contribution < 1.29 is 9.18 Å². The molecule has 4 rings (SSSR count). The maximum absolute atomic E-state index is 13.1. The van der Waals surface area contributed by atoms with Crippen molar-refractivity contribution in [2.75, 3.05) is 18.0 Å². The molecule has 1 aromatic heterocycles. The summed E-state index contributed by atoms with van der Waals surface area (Å²) in [5, 5.41) is 10.6. The molecule has 1 unspecified atom stereocenters. The van der Waals surface area contributed by atoms with Crippen LogP contribution in [-0.2, 0) is 0 Å². The quantitative estimate of drug-likeness (QED) is 0.630. The third-order valence-corrected chi connectivity index (χ3v) is 5.44. The first-order chi connectivity index (χ1) is 13.6. The van der Waals surface area contributed by atoms with Crippen molar-refractivity contribution in [1.82, 2.24) is 15.5 Å². The molecule has 5 nitrogen and oxygen atoms in total. The summed E-state index contributed by atoms with van der Waals surface area (Å²) >= 11 is 3.38. The minimum atomic E-state index is -0.260. The molecule has 1 atom stereocenters. The van der Waals surface area contributed by atoms with Crippen molar-refractivity contribution in [3.63, 3.8) is 0 Å². The summed E-state index contributed by atoms with van der Waals surface area (Å²) in [5.74, 6) is 0.513. The van der Waals surface area contributed by atoms with E-state index in [-0.39, 0.29) is 17.8 Å². The Morgan fingerprint density at radius 3 is 2.68 bits per heavy atom. The average Bonchev–Trinajstić information content (AvgIpc) is 3.19. The van der Waals surface area contributed by atoms with Gasteiger partial charge < -0.3 is 10.2 Å². The first kappa shape index (κ1) is 18.7. The number of benzene rings is 2. The highest BCUT2D eigenvalue weighted by Crippen LogP contribution is 2.24. The van der Waals surface area contributed by atoms with Crippen LogP contribution in [0.15, 0.2) is 59.1 Å². The molecule has 1 aliphatic heterocycles. The Bertz CT molecular complexity index is 955. The number of amides is 1. The minimum Gasteiger partial charge on any atom is -0.353 e. The molecular formula is C21H20BrFN4O. The molecule has 144 valence electrons. The van der Waals surface area contributed by atoms with Crippen LogP contribution in [0.2, 0.25) is 0 Å². The average molecular weight is 443 g/mol.